The van der Waals surface area contributed by atoms with Crippen molar-refractivity contribution in [1.29, 1.82) is 0 Å². The molecule has 0 unspecified atom stereocenters. The summed E-state index contributed by atoms with van der Waals surface area (Å²) in [6.07, 6.45) is 1.99. The minimum Gasteiger partial charge on any atom is -0.294 e. The second kappa shape index (κ2) is 8.58. The van der Waals surface area contributed by atoms with Gasteiger partial charge >= 0.3 is 0 Å². The molecule has 5 heteroatoms. The van der Waals surface area contributed by atoms with Crippen molar-refractivity contribution in [2.24, 2.45) is 5.10 Å². The summed E-state index contributed by atoms with van der Waals surface area (Å²) in [5, 5.41) is 11.8. The van der Waals surface area contributed by atoms with E-state index in [9.17, 15) is 0 Å². The number of hydrazone groups is 1. The highest BCUT2D eigenvalue weighted by Gasteiger charge is 2.33. The Kier molecular flexibility index (Phi) is 5.27. The van der Waals surface area contributed by atoms with Gasteiger partial charge in [-0.05, 0) is 48.2 Å². The van der Waals surface area contributed by atoms with Crippen molar-refractivity contribution in [3.63, 3.8) is 0 Å². The van der Waals surface area contributed by atoms with Crippen LogP contribution in [0.15, 0.2) is 84.0 Å². The molecular weight excluding hydrogens is 418 g/mol. The van der Waals surface area contributed by atoms with E-state index in [-0.39, 0.29) is 0 Å². The van der Waals surface area contributed by atoms with E-state index in [4.69, 9.17) is 10.2 Å². The van der Waals surface area contributed by atoms with E-state index < -0.39 is 0 Å². The topological polar surface area (TPSA) is 36.7 Å². The Morgan fingerprint density at radius 3 is 2.00 bits per heavy atom. The molecule has 0 radical (unpaired) electrons. The molecule has 6 rings (SSSR count). The molecule has 1 aliphatic carbocycles. The first-order valence-corrected chi connectivity index (χ1v) is 12.0. The smallest absolute Gasteiger partial charge is 0.0689 e. The van der Waals surface area contributed by atoms with Crippen molar-refractivity contribution in [3.8, 4) is 16.8 Å². The van der Waals surface area contributed by atoms with Crippen LogP contribution in [0.3, 0.4) is 0 Å². The summed E-state index contributed by atoms with van der Waals surface area (Å²) in [6, 6.07) is 28.3. The third kappa shape index (κ3) is 3.53. The van der Waals surface area contributed by atoms with Crippen molar-refractivity contribution in [3.05, 3.63) is 107 Å². The second-order valence-electron chi connectivity index (χ2n) is 9.14. The summed E-state index contributed by atoms with van der Waals surface area (Å²) >= 11 is 0. The van der Waals surface area contributed by atoms with Crippen molar-refractivity contribution < 1.29 is 0 Å². The fourth-order valence-corrected chi connectivity index (χ4v) is 5.41. The number of aryl methyl sites for hydroxylation is 1. The zero-order valence-corrected chi connectivity index (χ0v) is 19.7. The molecule has 0 spiro atoms. The van der Waals surface area contributed by atoms with Crippen LogP contribution in [-0.2, 0) is 0 Å². The molecule has 1 fully saturated rings. The van der Waals surface area contributed by atoms with Crippen LogP contribution in [0.4, 0.5) is 0 Å². The summed E-state index contributed by atoms with van der Waals surface area (Å²) in [6.45, 7) is 7.99. The number of hydrogen-bond acceptors (Lipinski definition) is 4. The van der Waals surface area contributed by atoms with Crippen LogP contribution in [0.5, 0.6) is 0 Å². The zero-order valence-electron chi connectivity index (χ0n) is 19.7. The minimum atomic E-state index is 0.340. The molecule has 0 amide bonds. The van der Waals surface area contributed by atoms with E-state index in [1.807, 2.05) is 29.1 Å². The summed E-state index contributed by atoms with van der Waals surface area (Å²) in [7, 11) is 0. The number of aromatic nitrogens is 2. The molecule has 1 aliphatic heterocycles. The maximum absolute atomic E-state index is 4.86. The van der Waals surface area contributed by atoms with Gasteiger partial charge < -0.3 is 0 Å². The van der Waals surface area contributed by atoms with E-state index in [0.29, 0.717) is 6.04 Å². The number of fused-ring (bicyclic) bond motifs is 3. The van der Waals surface area contributed by atoms with Gasteiger partial charge in [0.1, 0.15) is 0 Å². The van der Waals surface area contributed by atoms with Crippen LogP contribution >= 0.6 is 0 Å². The lowest BCUT2D eigenvalue weighted by molar-refractivity contribution is 0.114. The van der Waals surface area contributed by atoms with E-state index in [1.54, 1.807) is 0 Å². The standard InChI is InChI=1S/C29H29N5/c1-21-28(22(2)34(31-21)23-10-4-3-5-11-23)20-30-33-18-16-32(17-19-33)29-26-14-8-6-12-24(26)25-13-7-9-15-27(25)29/h3-15,20,29H,16-19H2,1-2H3. The summed E-state index contributed by atoms with van der Waals surface area (Å²) < 4.78 is 2.00. The normalized spacial score (nSPS) is 16.2. The second-order valence-corrected chi connectivity index (χ2v) is 9.14. The van der Waals surface area contributed by atoms with Crippen molar-refractivity contribution in [1.82, 2.24) is 19.7 Å². The van der Waals surface area contributed by atoms with Gasteiger partial charge in [-0.2, -0.15) is 10.2 Å². The Bertz CT molecular complexity index is 1300. The van der Waals surface area contributed by atoms with Crippen LogP contribution < -0.4 is 0 Å². The first-order valence-electron chi connectivity index (χ1n) is 12.0. The number of hydrogen-bond donors (Lipinski definition) is 0. The highest BCUT2D eigenvalue weighted by Crippen LogP contribution is 2.46. The summed E-state index contributed by atoms with van der Waals surface area (Å²) in [5.74, 6) is 0. The lowest BCUT2D eigenvalue weighted by Crippen LogP contribution is -2.45. The fraction of sp³-hybridized carbons (Fsp3) is 0.241. The van der Waals surface area contributed by atoms with Gasteiger partial charge in [-0.3, -0.25) is 9.91 Å². The molecule has 2 heterocycles. The Hall–Kier alpha value is -3.70. The number of nitrogens with zero attached hydrogens (tertiary/aromatic N) is 5. The van der Waals surface area contributed by atoms with Gasteiger partial charge in [0.25, 0.3) is 0 Å². The molecule has 0 N–H and O–H groups in total. The average Bonchev–Trinajstić information content (AvgIpc) is 3.37. The molecule has 4 aromatic rings. The maximum Gasteiger partial charge on any atom is 0.0689 e. The predicted molar refractivity (Wildman–Crippen MR) is 137 cm³/mol. The maximum atomic E-state index is 4.86. The van der Waals surface area contributed by atoms with E-state index in [2.05, 4.69) is 84.4 Å². The van der Waals surface area contributed by atoms with Gasteiger partial charge in [0.15, 0.2) is 0 Å². The van der Waals surface area contributed by atoms with Crippen LogP contribution in [0.25, 0.3) is 16.8 Å². The van der Waals surface area contributed by atoms with E-state index in [0.717, 1.165) is 48.8 Å². The number of piperazine rings is 1. The van der Waals surface area contributed by atoms with Gasteiger partial charge in [0, 0.05) is 31.7 Å². The summed E-state index contributed by atoms with van der Waals surface area (Å²) in [4.78, 5) is 2.61. The Labute approximate surface area is 201 Å². The molecule has 1 saturated heterocycles. The molecule has 1 aromatic heterocycles. The Morgan fingerprint density at radius 1 is 0.765 bits per heavy atom. The molecule has 0 bridgehead atoms. The first kappa shape index (κ1) is 20.9. The van der Waals surface area contributed by atoms with E-state index in [1.165, 1.54) is 22.3 Å². The molecule has 170 valence electrons. The van der Waals surface area contributed by atoms with Crippen LogP contribution in [0, 0.1) is 13.8 Å². The minimum absolute atomic E-state index is 0.340. The molecule has 3 aromatic carbocycles. The number of para-hydroxylation sites is 1. The Balaban J connectivity index is 1.18. The Morgan fingerprint density at radius 2 is 1.35 bits per heavy atom. The average molecular weight is 448 g/mol. The van der Waals surface area contributed by atoms with Gasteiger partial charge in [-0.15, -0.1) is 0 Å². The molecule has 0 saturated carbocycles. The highest BCUT2D eigenvalue weighted by atomic mass is 15.5. The highest BCUT2D eigenvalue weighted by molar-refractivity contribution is 5.82. The molecule has 34 heavy (non-hydrogen) atoms. The lowest BCUT2D eigenvalue weighted by Gasteiger charge is -2.37. The third-order valence-electron chi connectivity index (χ3n) is 7.15. The largest absolute Gasteiger partial charge is 0.294 e. The van der Waals surface area contributed by atoms with Crippen molar-refractivity contribution in [2.75, 3.05) is 26.2 Å². The molecule has 5 nitrogen and oxygen atoms in total. The van der Waals surface area contributed by atoms with Gasteiger partial charge in [-0.25, -0.2) is 4.68 Å². The monoisotopic (exact) mass is 447 g/mol. The van der Waals surface area contributed by atoms with Crippen LogP contribution in [-0.4, -0.2) is 52.1 Å². The number of rotatable bonds is 4. The van der Waals surface area contributed by atoms with Crippen molar-refractivity contribution >= 4 is 6.21 Å². The predicted octanol–water partition coefficient (Wildman–Crippen LogP) is 5.21. The number of benzene rings is 3. The van der Waals surface area contributed by atoms with Crippen molar-refractivity contribution in [2.45, 2.75) is 19.9 Å². The quantitative estimate of drug-likeness (QED) is 0.403. The van der Waals surface area contributed by atoms with E-state index >= 15 is 0 Å². The lowest BCUT2D eigenvalue weighted by atomic mass is 10.0. The molecule has 2 aliphatic rings. The fourth-order valence-electron chi connectivity index (χ4n) is 5.41. The van der Waals surface area contributed by atoms with Crippen LogP contribution in [0.2, 0.25) is 0 Å². The SMILES string of the molecule is Cc1nn(-c2ccccc2)c(C)c1C=NN1CCN(C2c3ccccc3-c3ccccc32)CC1. The van der Waals surface area contributed by atoms with Gasteiger partial charge in [-0.1, -0.05) is 66.7 Å². The van der Waals surface area contributed by atoms with Gasteiger partial charge in [0.2, 0.25) is 0 Å². The molecule has 0 atom stereocenters. The third-order valence-corrected chi connectivity index (χ3v) is 7.15. The van der Waals surface area contributed by atoms with Crippen LogP contribution in [0.1, 0.15) is 34.1 Å². The van der Waals surface area contributed by atoms with Gasteiger partial charge in [0.05, 0.1) is 29.3 Å². The summed E-state index contributed by atoms with van der Waals surface area (Å²) in [5.41, 5.74) is 9.92. The molecular formula is C29H29N5. The zero-order chi connectivity index (χ0) is 23.1. The first-order chi connectivity index (χ1) is 16.7.